The predicted octanol–water partition coefficient (Wildman–Crippen LogP) is 5.77. The minimum atomic E-state index is -0.264. The molecule has 2 saturated heterocycles. The Labute approximate surface area is 247 Å². The fourth-order valence-electron chi connectivity index (χ4n) is 5.84. The molecule has 0 amide bonds. The van der Waals surface area contributed by atoms with E-state index in [1.54, 1.807) is 6.07 Å². The Morgan fingerprint density at radius 3 is 2.44 bits per heavy atom. The van der Waals surface area contributed by atoms with Crippen molar-refractivity contribution in [1.82, 2.24) is 9.88 Å². The number of thiazole rings is 1. The van der Waals surface area contributed by atoms with Crippen LogP contribution in [0.1, 0.15) is 79.6 Å². The monoisotopic (exact) mass is 578 g/mol. The first-order valence-corrected chi connectivity index (χ1v) is 15.8. The maximum atomic E-state index is 13.4. The third-order valence-corrected chi connectivity index (χ3v) is 9.21. The van der Waals surface area contributed by atoms with Gasteiger partial charge in [0.1, 0.15) is 16.4 Å². The van der Waals surface area contributed by atoms with Gasteiger partial charge in [-0.25, -0.2) is 4.98 Å². The van der Waals surface area contributed by atoms with Crippen molar-refractivity contribution in [2.24, 2.45) is 0 Å². The highest BCUT2D eigenvalue weighted by atomic mass is 32.1. The van der Waals surface area contributed by atoms with Gasteiger partial charge in [0.2, 0.25) is 5.78 Å². The molecule has 0 radical (unpaired) electrons. The van der Waals surface area contributed by atoms with Gasteiger partial charge in [0.15, 0.2) is 17.8 Å². The molecule has 0 saturated carbocycles. The Morgan fingerprint density at radius 1 is 1.07 bits per heavy atom. The van der Waals surface area contributed by atoms with Crippen LogP contribution in [0.25, 0.3) is 0 Å². The van der Waals surface area contributed by atoms with Crippen LogP contribution in [0.5, 0.6) is 5.75 Å². The number of aromatic nitrogens is 1. The molecule has 220 valence electrons. The maximum Gasteiger partial charge on any atom is 0.206 e. The number of nitrogen functional groups attached to an aromatic ring is 1. The van der Waals surface area contributed by atoms with Crippen molar-refractivity contribution in [2.75, 3.05) is 48.7 Å². The number of hydrogen-bond donors (Lipinski definition) is 2. The van der Waals surface area contributed by atoms with Crippen molar-refractivity contribution in [1.29, 1.82) is 0 Å². The van der Waals surface area contributed by atoms with Crippen LogP contribution in [0.2, 0.25) is 0 Å². The molecular formula is C32H44N5O3S+. The molecule has 1 aromatic heterocycles. The Kier molecular flexibility index (Phi) is 9.47. The average Bonchev–Trinajstić information content (AvgIpc) is 3.36. The van der Waals surface area contributed by atoms with Gasteiger partial charge >= 0.3 is 0 Å². The highest BCUT2D eigenvalue weighted by Crippen LogP contribution is 2.34. The Balaban J connectivity index is 1.22. The zero-order chi connectivity index (χ0) is 28.9. The number of nitrogens with two attached hydrogens (primary N) is 1. The van der Waals surface area contributed by atoms with Crippen LogP contribution in [-0.4, -0.2) is 65.7 Å². The summed E-state index contributed by atoms with van der Waals surface area (Å²) in [6.07, 6.45) is 6.28. The lowest BCUT2D eigenvalue weighted by atomic mass is 9.98. The number of anilines is 4. The molecule has 9 heteroatoms. The number of carbonyl (C=O) groups excluding carboxylic acids is 1. The highest BCUT2D eigenvalue weighted by molar-refractivity contribution is 7.18. The quantitative estimate of drug-likeness (QED) is 0.232. The molecule has 0 spiro atoms. The van der Waals surface area contributed by atoms with Crippen LogP contribution in [0.3, 0.4) is 0 Å². The van der Waals surface area contributed by atoms with Crippen molar-refractivity contribution in [3.8, 4) is 5.75 Å². The zero-order valence-corrected chi connectivity index (χ0v) is 25.3. The number of piperidine rings is 2. The van der Waals surface area contributed by atoms with E-state index >= 15 is 0 Å². The highest BCUT2D eigenvalue weighted by Gasteiger charge is 2.26. The van der Waals surface area contributed by atoms with E-state index in [1.165, 1.54) is 62.2 Å². The molecule has 3 heterocycles. The van der Waals surface area contributed by atoms with Gasteiger partial charge in [0.05, 0.1) is 0 Å². The van der Waals surface area contributed by atoms with Gasteiger partial charge in [-0.05, 0) is 87.5 Å². The van der Waals surface area contributed by atoms with Gasteiger partial charge in [0, 0.05) is 36.1 Å². The second-order valence-electron chi connectivity index (χ2n) is 11.6. The van der Waals surface area contributed by atoms with E-state index in [-0.39, 0.29) is 30.2 Å². The molecule has 41 heavy (non-hydrogen) atoms. The number of hydrogen-bond acceptors (Lipinski definition) is 8. The fourth-order valence-corrected chi connectivity index (χ4v) is 6.71. The minimum Gasteiger partial charge on any atom is -0.482 e. The summed E-state index contributed by atoms with van der Waals surface area (Å²) in [5.74, 6) is 0.901. The van der Waals surface area contributed by atoms with E-state index in [0.29, 0.717) is 21.3 Å². The number of carbonyl (C=O) groups is 1. The predicted molar refractivity (Wildman–Crippen MR) is 169 cm³/mol. The lowest BCUT2D eigenvalue weighted by Crippen LogP contribution is -2.46. The molecule has 0 unspecified atom stereocenters. The summed E-state index contributed by atoms with van der Waals surface area (Å²) in [6, 6.07) is 14.7. The number of rotatable bonds is 10. The van der Waals surface area contributed by atoms with Crippen LogP contribution in [-0.2, 0) is 0 Å². The van der Waals surface area contributed by atoms with Gasteiger partial charge in [-0.15, -0.1) is 0 Å². The average molecular weight is 579 g/mol. The molecule has 1 atom stereocenters. The topological polar surface area (TPSA) is 107 Å². The maximum absolute atomic E-state index is 13.4. The number of likely N-dealkylation sites (tertiary alicyclic amines) is 1. The van der Waals surface area contributed by atoms with E-state index < -0.39 is 0 Å². The summed E-state index contributed by atoms with van der Waals surface area (Å²) in [6.45, 7) is 10.9. The van der Waals surface area contributed by atoms with Crippen molar-refractivity contribution in [2.45, 2.75) is 70.9 Å². The fraction of sp³-hybridized carbons (Fsp3) is 0.500. The van der Waals surface area contributed by atoms with E-state index in [4.69, 9.17) is 15.6 Å². The smallest absolute Gasteiger partial charge is 0.206 e. The van der Waals surface area contributed by atoms with Crippen molar-refractivity contribution in [3.05, 3.63) is 58.5 Å². The third kappa shape index (κ3) is 7.02. The van der Waals surface area contributed by atoms with E-state index in [1.807, 2.05) is 19.1 Å². The zero-order valence-electron chi connectivity index (χ0n) is 24.5. The van der Waals surface area contributed by atoms with Gasteiger partial charge < -0.3 is 30.7 Å². The third-order valence-electron chi connectivity index (χ3n) is 8.23. The van der Waals surface area contributed by atoms with E-state index in [0.717, 1.165) is 30.4 Å². The van der Waals surface area contributed by atoms with Crippen LogP contribution in [0.4, 0.5) is 22.3 Å². The van der Waals surface area contributed by atoms with Crippen LogP contribution in [0, 0.1) is 0 Å². The van der Waals surface area contributed by atoms with Crippen molar-refractivity contribution < 1.29 is 14.6 Å². The second kappa shape index (κ2) is 13.2. The lowest BCUT2D eigenvalue weighted by molar-refractivity contribution is 0.104. The van der Waals surface area contributed by atoms with E-state index in [2.05, 4.69) is 58.2 Å². The molecule has 2 fully saturated rings. The summed E-state index contributed by atoms with van der Waals surface area (Å²) in [5.41, 5.74) is 9.87. The largest absolute Gasteiger partial charge is 0.482 e. The second-order valence-corrected chi connectivity index (χ2v) is 12.6. The molecule has 2 aromatic carbocycles. The molecule has 8 nitrogen and oxygen atoms in total. The summed E-state index contributed by atoms with van der Waals surface area (Å²) in [5, 5.41) is 11.5. The standard InChI is InChI=1S/C32H43N5O3S/c1-21(2)27-12-7-23(19-28(27)40-22(3)20-38)29(39)30-31(33)35-32(41-30)34-24-8-10-25(11-9-24)37-17-13-26(14-18-37)36-15-5-4-6-16-36/h7-12,19,21-22,26,38H,4-6,13-18,20,33H2,1-3H3,(H,34,35)/p+1/t22-/m1/s1. The van der Waals surface area contributed by atoms with Crippen LogP contribution >= 0.6 is 11.3 Å². The van der Waals surface area contributed by atoms with Crippen molar-refractivity contribution >= 4 is 39.4 Å². The molecule has 5 N–H and O–H groups in total. The Hall–Kier alpha value is -3.14. The molecule has 5 rings (SSSR count). The first kappa shape index (κ1) is 29.4. The first-order valence-electron chi connectivity index (χ1n) is 14.9. The van der Waals surface area contributed by atoms with Gasteiger partial charge in [-0.2, -0.15) is 0 Å². The van der Waals surface area contributed by atoms with Gasteiger partial charge in [-0.3, -0.25) is 4.79 Å². The Morgan fingerprint density at radius 2 is 1.78 bits per heavy atom. The van der Waals surface area contributed by atoms with Gasteiger partial charge in [0.25, 0.3) is 0 Å². The minimum absolute atomic E-state index is 0.144. The molecule has 2 aliphatic heterocycles. The summed E-state index contributed by atoms with van der Waals surface area (Å²) in [7, 11) is 0. The molecule has 0 aliphatic carbocycles. The van der Waals surface area contributed by atoms with Crippen LogP contribution < -0.4 is 20.7 Å². The summed E-state index contributed by atoms with van der Waals surface area (Å²) >= 11 is 1.26. The van der Waals surface area contributed by atoms with Crippen molar-refractivity contribution in [3.63, 3.8) is 0 Å². The molecular weight excluding hydrogens is 534 g/mol. The molecule has 2 aliphatic rings. The van der Waals surface area contributed by atoms with Gasteiger partial charge in [-0.1, -0.05) is 43.7 Å². The number of benzene rings is 2. The summed E-state index contributed by atoms with van der Waals surface area (Å²) < 4.78 is 5.98. The van der Waals surface area contributed by atoms with E-state index in [9.17, 15) is 4.79 Å². The Bertz CT molecular complexity index is 1310. The number of nitrogens with one attached hydrogen (secondary N) is 1. The van der Waals surface area contributed by atoms with Crippen LogP contribution in [0.15, 0.2) is 42.5 Å². The molecule has 0 bridgehead atoms. The SMILES string of the molecule is CC(C)c1ccc(C(=O)c2sc(Nc3ccc(N4CCC(N5CCCCC5)CC4)cc3)nc2N)cc1O[C@H](C)C[OH2+]. The summed E-state index contributed by atoms with van der Waals surface area (Å²) in [4.78, 5) is 23.5. The first-order chi connectivity index (χ1) is 19.8. The molecule has 3 aromatic rings. The lowest BCUT2D eigenvalue weighted by Gasteiger charge is -2.41. The number of ether oxygens (including phenoxy) is 1. The number of nitrogens with zero attached hydrogens (tertiary/aromatic N) is 3. The number of ketones is 1. The normalized spacial score (nSPS) is 17.5.